The third-order valence-electron chi connectivity index (χ3n) is 0.215. The van der Waals surface area contributed by atoms with Gasteiger partial charge >= 0.3 is 0 Å². The maximum absolute atomic E-state index is 5.11. The van der Waals surface area contributed by atoms with Gasteiger partial charge in [0.25, 0.3) is 0 Å². The molecule has 0 amide bonds. The number of nitrogens with two attached hydrogens (primary N) is 1. The molecule has 0 bridgehead atoms. The Balaban J connectivity index is 3.26. The van der Waals surface area contributed by atoms with E-state index in [-0.39, 0.29) is 4.99 Å². The first kappa shape index (κ1) is 6.47. The van der Waals surface area contributed by atoms with Crippen LogP contribution < -0.4 is 5.73 Å². The minimum Gasteiger partial charge on any atom is -0.391 e. The summed E-state index contributed by atoms with van der Waals surface area (Å²) in [5.74, 6) is 0. The highest BCUT2D eigenvalue weighted by atomic mass is 35.5. The van der Waals surface area contributed by atoms with Gasteiger partial charge in [0, 0.05) is 0 Å². The summed E-state index contributed by atoms with van der Waals surface area (Å²) in [6.45, 7) is 0. The summed E-state index contributed by atoms with van der Waals surface area (Å²) in [5, 5.41) is 0. The molecule has 0 heterocycles. The molecule has 36 valence electrons. The van der Waals surface area contributed by atoms with Crippen LogP contribution in [0.15, 0.2) is 0 Å². The van der Waals surface area contributed by atoms with Gasteiger partial charge in [0.2, 0.25) is 0 Å². The maximum atomic E-state index is 5.11. The SMILES string of the molecule is NC(=S)C(Cl)Cl. The first-order chi connectivity index (χ1) is 2.64. The van der Waals surface area contributed by atoms with Crippen LogP contribution in [0, 0.1) is 0 Å². The fourth-order valence-electron chi connectivity index (χ4n) is 0. The average molecular weight is 144 g/mol. The van der Waals surface area contributed by atoms with Crippen LogP contribution in [-0.2, 0) is 0 Å². The van der Waals surface area contributed by atoms with E-state index in [9.17, 15) is 0 Å². The van der Waals surface area contributed by atoms with Crippen LogP contribution in [0.4, 0.5) is 0 Å². The third-order valence-corrected chi connectivity index (χ3v) is 1.18. The molecule has 0 saturated heterocycles. The first-order valence-electron chi connectivity index (χ1n) is 1.22. The topological polar surface area (TPSA) is 26.0 Å². The van der Waals surface area contributed by atoms with Crippen molar-refractivity contribution in [1.82, 2.24) is 0 Å². The van der Waals surface area contributed by atoms with Gasteiger partial charge in [0.05, 0.1) is 0 Å². The molecule has 0 aromatic rings. The van der Waals surface area contributed by atoms with Gasteiger partial charge in [0.15, 0.2) is 4.84 Å². The van der Waals surface area contributed by atoms with Crippen molar-refractivity contribution >= 4 is 40.4 Å². The number of thiocarbonyl (C=S) groups is 1. The number of halogens is 2. The predicted molar refractivity (Wildman–Crippen MR) is 32.3 cm³/mol. The zero-order valence-corrected chi connectivity index (χ0v) is 5.15. The van der Waals surface area contributed by atoms with E-state index in [0.717, 1.165) is 0 Å². The van der Waals surface area contributed by atoms with Gasteiger partial charge in [-0.25, -0.2) is 0 Å². The molecule has 0 aromatic carbocycles. The molecular formula is C2H3Cl2NS. The lowest BCUT2D eigenvalue weighted by molar-refractivity contribution is 1.65. The van der Waals surface area contributed by atoms with Crippen molar-refractivity contribution in [2.45, 2.75) is 4.84 Å². The van der Waals surface area contributed by atoms with Gasteiger partial charge in [0.1, 0.15) is 4.99 Å². The Morgan fingerprint density at radius 2 is 1.83 bits per heavy atom. The summed E-state index contributed by atoms with van der Waals surface area (Å²) in [6, 6.07) is 0. The van der Waals surface area contributed by atoms with Crippen molar-refractivity contribution in [3.05, 3.63) is 0 Å². The second-order valence-electron chi connectivity index (χ2n) is 0.703. The van der Waals surface area contributed by atoms with Gasteiger partial charge in [-0.1, -0.05) is 35.4 Å². The second kappa shape index (κ2) is 2.61. The Kier molecular flexibility index (Phi) is 2.82. The molecule has 1 nitrogen and oxygen atoms in total. The van der Waals surface area contributed by atoms with E-state index in [0.29, 0.717) is 0 Å². The molecular weight excluding hydrogens is 141 g/mol. The van der Waals surface area contributed by atoms with Crippen LogP contribution in [0.3, 0.4) is 0 Å². The lowest BCUT2D eigenvalue weighted by atomic mass is 10.8. The number of alkyl halides is 2. The fraction of sp³-hybridized carbons (Fsp3) is 0.500. The van der Waals surface area contributed by atoms with Gasteiger partial charge in [-0.3, -0.25) is 0 Å². The second-order valence-corrected chi connectivity index (χ2v) is 2.27. The molecule has 0 aliphatic rings. The van der Waals surface area contributed by atoms with Crippen molar-refractivity contribution < 1.29 is 0 Å². The molecule has 0 unspecified atom stereocenters. The Labute approximate surface area is 51.4 Å². The van der Waals surface area contributed by atoms with E-state index in [2.05, 4.69) is 12.2 Å². The Morgan fingerprint density at radius 1 is 1.67 bits per heavy atom. The smallest absolute Gasteiger partial charge is 0.157 e. The summed E-state index contributed by atoms with van der Waals surface area (Å²) in [5.41, 5.74) is 4.90. The fourth-order valence-corrected chi connectivity index (χ4v) is 0. The van der Waals surface area contributed by atoms with Gasteiger partial charge in [-0.15, -0.1) is 0 Å². The Hall–Kier alpha value is 0.470. The molecule has 4 heteroatoms. The number of hydrogen-bond acceptors (Lipinski definition) is 1. The molecule has 0 radical (unpaired) electrons. The van der Waals surface area contributed by atoms with Crippen LogP contribution in [0.1, 0.15) is 0 Å². The normalized spacial score (nSPS) is 9.17. The average Bonchev–Trinajstić information content (AvgIpc) is 1.36. The maximum Gasteiger partial charge on any atom is 0.157 e. The van der Waals surface area contributed by atoms with Crippen molar-refractivity contribution in [2.75, 3.05) is 0 Å². The van der Waals surface area contributed by atoms with Gasteiger partial charge in [-0.05, 0) is 0 Å². The summed E-state index contributed by atoms with van der Waals surface area (Å²) in [4.78, 5) is -0.571. The quantitative estimate of drug-likeness (QED) is 0.440. The summed E-state index contributed by atoms with van der Waals surface area (Å²) < 4.78 is 0. The molecule has 2 N–H and O–H groups in total. The zero-order valence-electron chi connectivity index (χ0n) is 2.82. The molecule has 0 aliphatic carbocycles. The molecule has 0 aliphatic heterocycles. The molecule has 0 atom stereocenters. The summed E-state index contributed by atoms with van der Waals surface area (Å²) in [7, 11) is 0. The van der Waals surface area contributed by atoms with Crippen LogP contribution >= 0.6 is 35.4 Å². The van der Waals surface area contributed by atoms with E-state index in [1.54, 1.807) is 0 Å². The van der Waals surface area contributed by atoms with E-state index in [4.69, 9.17) is 28.9 Å². The van der Waals surface area contributed by atoms with Crippen LogP contribution in [-0.4, -0.2) is 9.82 Å². The van der Waals surface area contributed by atoms with Crippen molar-refractivity contribution in [3.63, 3.8) is 0 Å². The minimum absolute atomic E-state index is 0.123. The molecule has 0 spiro atoms. The summed E-state index contributed by atoms with van der Waals surface area (Å²) >= 11 is 14.6. The van der Waals surface area contributed by atoms with E-state index in [1.165, 1.54) is 0 Å². The minimum atomic E-state index is -0.694. The number of rotatable bonds is 1. The van der Waals surface area contributed by atoms with E-state index >= 15 is 0 Å². The van der Waals surface area contributed by atoms with E-state index in [1.807, 2.05) is 0 Å². The Bertz CT molecular complexity index is 62.6. The first-order valence-corrected chi connectivity index (χ1v) is 2.50. The lowest BCUT2D eigenvalue weighted by Gasteiger charge is -1.89. The zero-order chi connectivity index (χ0) is 5.15. The van der Waals surface area contributed by atoms with Crippen molar-refractivity contribution in [2.24, 2.45) is 5.73 Å². The molecule has 6 heavy (non-hydrogen) atoms. The highest BCUT2D eigenvalue weighted by molar-refractivity contribution is 7.80. The highest BCUT2D eigenvalue weighted by Crippen LogP contribution is 1.99. The monoisotopic (exact) mass is 143 g/mol. The van der Waals surface area contributed by atoms with Gasteiger partial charge in [-0.2, -0.15) is 0 Å². The molecule has 0 rings (SSSR count). The Morgan fingerprint density at radius 3 is 1.83 bits per heavy atom. The van der Waals surface area contributed by atoms with Crippen molar-refractivity contribution in [1.29, 1.82) is 0 Å². The third kappa shape index (κ3) is 2.69. The molecule has 0 aromatic heterocycles. The van der Waals surface area contributed by atoms with Crippen LogP contribution in [0.2, 0.25) is 0 Å². The highest BCUT2D eigenvalue weighted by Gasteiger charge is 1.97. The van der Waals surface area contributed by atoms with E-state index < -0.39 is 4.84 Å². The lowest BCUT2D eigenvalue weighted by Crippen LogP contribution is -2.15. The predicted octanol–water partition coefficient (Wildman–Crippen LogP) is 1.08. The van der Waals surface area contributed by atoms with Gasteiger partial charge < -0.3 is 5.73 Å². The van der Waals surface area contributed by atoms with Crippen LogP contribution in [0.25, 0.3) is 0 Å². The van der Waals surface area contributed by atoms with Crippen molar-refractivity contribution in [3.8, 4) is 0 Å². The number of hydrogen-bond donors (Lipinski definition) is 1. The largest absolute Gasteiger partial charge is 0.391 e. The molecule has 0 fully saturated rings. The standard InChI is InChI=1S/C2H3Cl2NS/c3-1(4)2(5)6/h1H,(H2,5,6). The molecule has 0 saturated carbocycles. The summed E-state index contributed by atoms with van der Waals surface area (Å²) in [6.07, 6.45) is 0. The van der Waals surface area contributed by atoms with Crippen LogP contribution in [0.5, 0.6) is 0 Å².